The minimum Gasteiger partial charge on any atom is -0.464 e. The molecule has 1 heterocycles. The number of methoxy groups -OCH3 is 1. The van der Waals surface area contributed by atoms with Gasteiger partial charge in [-0.05, 0) is 18.1 Å². The average Bonchev–Trinajstić information content (AvgIpc) is 2.63. The molecule has 1 aromatic heterocycles. The molecule has 1 aliphatic rings. The number of hydrogen-bond acceptors (Lipinski definition) is 2. The van der Waals surface area contributed by atoms with Crippen LogP contribution in [0.2, 0.25) is 0 Å². The van der Waals surface area contributed by atoms with E-state index in [0.29, 0.717) is 6.61 Å². The molecule has 1 aliphatic carbocycles. The predicted octanol–water partition coefficient (Wildman–Crippen LogP) is 3.79. The van der Waals surface area contributed by atoms with Gasteiger partial charge in [-0.1, -0.05) is 33.1 Å². The Labute approximate surface area is 92.6 Å². The van der Waals surface area contributed by atoms with Crippen molar-refractivity contribution in [2.24, 2.45) is 5.92 Å². The molecular weight excluding hydrogens is 188 g/mol. The zero-order valence-corrected chi connectivity index (χ0v) is 10.1. The fourth-order valence-corrected chi connectivity index (χ4v) is 1.73. The Morgan fingerprint density at radius 3 is 2.47 bits per heavy atom. The van der Waals surface area contributed by atoms with Crippen molar-refractivity contribution < 1.29 is 9.15 Å². The van der Waals surface area contributed by atoms with Crippen LogP contribution >= 0.6 is 0 Å². The summed E-state index contributed by atoms with van der Waals surface area (Å²) >= 11 is 0. The van der Waals surface area contributed by atoms with Gasteiger partial charge in [0.1, 0.15) is 18.1 Å². The van der Waals surface area contributed by atoms with Crippen molar-refractivity contribution >= 4 is 0 Å². The topological polar surface area (TPSA) is 22.4 Å². The first kappa shape index (κ1) is 12.3. The largest absolute Gasteiger partial charge is 0.464 e. The highest BCUT2D eigenvalue weighted by atomic mass is 16.5. The molecule has 1 aromatic rings. The van der Waals surface area contributed by atoms with Crippen LogP contribution in [0.15, 0.2) is 16.5 Å². The van der Waals surface area contributed by atoms with Crippen LogP contribution in [0.3, 0.4) is 0 Å². The molecule has 0 atom stereocenters. The normalized spacial score (nSPS) is 15.4. The van der Waals surface area contributed by atoms with Crippen molar-refractivity contribution in [2.45, 2.75) is 46.1 Å². The third-order valence-corrected chi connectivity index (χ3v) is 2.72. The third-order valence-electron chi connectivity index (χ3n) is 2.72. The lowest BCUT2D eigenvalue weighted by molar-refractivity contribution is 0.161. The average molecular weight is 210 g/mol. The van der Waals surface area contributed by atoms with E-state index in [-0.39, 0.29) is 0 Å². The van der Waals surface area contributed by atoms with Crippen LogP contribution in [0.1, 0.15) is 44.6 Å². The van der Waals surface area contributed by atoms with Crippen LogP contribution < -0.4 is 0 Å². The Bertz CT molecular complexity index is 261. The monoisotopic (exact) mass is 210 g/mol. The van der Waals surface area contributed by atoms with Crippen molar-refractivity contribution in [1.29, 1.82) is 0 Å². The van der Waals surface area contributed by atoms with Crippen LogP contribution in [0.5, 0.6) is 0 Å². The molecule has 0 saturated heterocycles. The lowest BCUT2D eigenvalue weighted by atomic mass is 9.82. The SMILES string of the molecule is CC.COCc1ccc(CC2CCC2)o1. The number of hydrogen-bond donors (Lipinski definition) is 0. The second kappa shape index (κ2) is 6.67. The van der Waals surface area contributed by atoms with Crippen molar-refractivity contribution in [2.75, 3.05) is 7.11 Å². The smallest absolute Gasteiger partial charge is 0.129 e. The van der Waals surface area contributed by atoms with Gasteiger partial charge in [-0.2, -0.15) is 0 Å². The maximum Gasteiger partial charge on any atom is 0.129 e. The van der Waals surface area contributed by atoms with E-state index in [2.05, 4.69) is 6.07 Å². The first-order valence-corrected chi connectivity index (χ1v) is 5.95. The summed E-state index contributed by atoms with van der Waals surface area (Å²) in [6, 6.07) is 4.09. The van der Waals surface area contributed by atoms with Crippen molar-refractivity contribution in [3.63, 3.8) is 0 Å². The first-order chi connectivity index (χ1) is 7.38. The van der Waals surface area contributed by atoms with Gasteiger partial charge in [0.25, 0.3) is 0 Å². The van der Waals surface area contributed by atoms with Gasteiger partial charge in [0.05, 0.1) is 0 Å². The molecule has 2 nitrogen and oxygen atoms in total. The highest BCUT2D eigenvalue weighted by Gasteiger charge is 2.19. The van der Waals surface area contributed by atoms with E-state index in [0.717, 1.165) is 23.9 Å². The molecule has 1 saturated carbocycles. The molecule has 0 aliphatic heterocycles. The second-order valence-corrected chi connectivity index (χ2v) is 3.80. The summed E-state index contributed by atoms with van der Waals surface area (Å²) in [5.41, 5.74) is 0. The molecule has 0 radical (unpaired) electrons. The van der Waals surface area contributed by atoms with E-state index < -0.39 is 0 Å². The van der Waals surface area contributed by atoms with Crippen LogP contribution in [0.25, 0.3) is 0 Å². The maximum absolute atomic E-state index is 5.61. The minimum absolute atomic E-state index is 0.588. The molecule has 0 aromatic carbocycles. The van der Waals surface area contributed by atoms with Gasteiger partial charge in [-0.15, -0.1) is 0 Å². The van der Waals surface area contributed by atoms with Crippen LogP contribution in [-0.4, -0.2) is 7.11 Å². The summed E-state index contributed by atoms with van der Waals surface area (Å²) in [6.07, 6.45) is 5.26. The van der Waals surface area contributed by atoms with Gasteiger partial charge in [0, 0.05) is 13.5 Å². The molecule has 15 heavy (non-hydrogen) atoms. The summed E-state index contributed by atoms with van der Waals surface area (Å²) in [7, 11) is 1.69. The molecule has 0 unspecified atom stereocenters. The lowest BCUT2D eigenvalue weighted by Gasteiger charge is -2.23. The lowest BCUT2D eigenvalue weighted by Crippen LogP contribution is -2.13. The number of furan rings is 1. The van der Waals surface area contributed by atoms with Crippen molar-refractivity contribution in [3.8, 4) is 0 Å². The Morgan fingerprint density at radius 1 is 1.27 bits per heavy atom. The summed E-state index contributed by atoms with van der Waals surface area (Å²) in [6.45, 7) is 4.59. The van der Waals surface area contributed by atoms with E-state index >= 15 is 0 Å². The molecule has 0 bridgehead atoms. The minimum atomic E-state index is 0.588. The van der Waals surface area contributed by atoms with E-state index in [4.69, 9.17) is 9.15 Å². The zero-order chi connectivity index (χ0) is 11.1. The van der Waals surface area contributed by atoms with Gasteiger partial charge < -0.3 is 9.15 Å². The number of rotatable bonds is 4. The van der Waals surface area contributed by atoms with E-state index in [1.54, 1.807) is 7.11 Å². The van der Waals surface area contributed by atoms with Crippen molar-refractivity contribution in [3.05, 3.63) is 23.7 Å². The second-order valence-electron chi connectivity index (χ2n) is 3.80. The van der Waals surface area contributed by atoms with Gasteiger partial charge in [0.15, 0.2) is 0 Å². The first-order valence-electron chi connectivity index (χ1n) is 5.95. The Balaban J connectivity index is 0.000000531. The fraction of sp³-hybridized carbons (Fsp3) is 0.692. The summed E-state index contributed by atoms with van der Waals surface area (Å²) < 4.78 is 10.6. The summed E-state index contributed by atoms with van der Waals surface area (Å²) in [5.74, 6) is 2.94. The van der Waals surface area contributed by atoms with E-state index in [9.17, 15) is 0 Å². The molecule has 86 valence electrons. The van der Waals surface area contributed by atoms with Crippen molar-refractivity contribution in [1.82, 2.24) is 0 Å². The Morgan fingerprint density at radius 2 is 1.93 bits per heavy atom. The molecule has 0 amide bonds. The Hall–Kier alpha value is -0.760. The van der Waals surface area contributed by atoms with Gasteiger partial charge in [-0.3, -0.25) is 0 Å². The standard InChI is InChI=1S/C11H16O2.C2H6/c1-12-8-11-6-5-10(13-11)7-9-3-2-4-9;1-2/h5-6,9H,2-4,7-8H2,1H3;1-2H3. The van der Waals surface area contributed by atoms with Crippen LogP contribution in [-0.2, 0) is 17.8 Å². The number of ether oxygens (including phenoxy) is 1. The van der Waals surface area contributed by atoms with Gasteiger partial charge in [0.2, 0.25) is 0 Å². The highest BCUT2D eigenvalue weighted by molar-refractivity contribution is 5.07. The summed E-state index contributed by atoms with van der Waals surface area (Å²) in [4.78, 5) is 0. The molecule has 2 heteroatoms. The van der Waals surface area contributed by atoms with E-state index in [1.165, 1.54) is 19.3 Å². The fourth-order valence-electron chi connectivity index (χ4n) is 1.73. The van der Waals surface area contributed by atoms with Gasteiger partial charge in [-0.25, -0.2) is 0 Å². The molecule has 0 N–H and O–H groups in total. The maximum atomic E-state index is 5.61. The summed E-state index contributed by atoms with van der Waals surface area (Å²) in [5, 5.41) is 0. The Kier molecular flexibility index (Phi) is 5.48. The molecular formula is C13H22O2. The van der Waals surface area contributed by atoms with E-state index in [1.807, 2.05) is 19.9 Å². The molecule has 1 fully saturated rings. The third kappa shape index (κ3) is 3.71. The molecule has 0 spiro atoms. The zero-order valence-electron chi connectivity index (χ0n) is 10.1. The quantitative estimate of drug-likeness (QED) is 0.754. The van der Waals surface area contributed by atoms with Crippen LogP contribution in [0.4, 0.5) is 0 Å². The predicted molar refractivity (Wildman–Crippen MR) is 61.8 cm³/mol. The molecule has 2 rings (SSSR count). The van der Waals surface area contributed by atoms with Crippen LogP contribution in [0, 0.1) is 5.92 Å². The highest BCUT2D eigenvalue weighted by Crippen LogP contribution is 2.30. The van der Waals surface area contributed by atoms with Gasteiger partial charge >= 0.3 is 0 Å².